The molecule has 4 nitrogen and oxygen atoms in total. The summed E-state index contributed by atoms with van der Waals surface area (Å²) in [6, 6.07) is 13.6. The monoisotopic (exact) mass is 420 g/mol. The fourth-order valence-electron chi connectivity index (χ4n) is 3.03. The number of nitro benzene ring substituents is 1. The molecule has 0 aliphatic rings. The summed E-state index contributed by atoms with van der Waals surface area (Å²) in [6.45, 7) is 1.66. The van der Waals surface area contributed by atoms with Crippen LogP contribution in [0.15, 0.2) is 60.7 Å². The fraction of sp³-hybridized carbons (Fsp3) is 0.143. The second kappa shape index (κ2) is 8.63. The van der Waals surface area contributed by atoms with E-state index >= 15 is 0 Å². The number of nitrogens with zero attached hydrogens (tertiary/aromatic N) is 1. The van der Waals surface area contributed by atoms with Gasteiger partial charge in [-0.2, -0.15) is 0 Å². The van der Waals surface area contributed by atoms with Crippen molar-refractivity contribution in [3.05, 3.63) is 110 Å². The van der Waals surface area contributed by atoms with Gasteiger partial charge < -0.3 is 0 Å². The molecule has 0 radical (unpaired) electrons. The molecule has 29 heavy (non-hydrogen) atoms. The average molecular weight is 421 g/mol. The molecule has 2 unspecified atom stereocenters. The van der Waals surface area contributed by atoms with Crippen molar-refractivity contribution < 1.29 is 18.1 Å². The van der Waals surface area contributed by atoms with Gasteiger partial charge in [-0.15, -0.1) is 0 Å². The summed E-state index contributed by atoms with van der Waals surface area (Å²) < 4.78 is 40.6. The number of benzene rings is 3. The van der Waals surface area contributed by atoms with Crippen molar-refractivity contribution in [1.29, 1.82) is 0 Å². The largest absolute Gasteiger partial charge is 0.300 e. The normalized spacial score (nSPS) is 13.1. The zero-order chi connectivity index (χ0) is 21.1. The van der Waals surface area contributed by atoms with E-state index in [9.17, 15) is 23.3 Å². The molecule has 0 saturated carbocycles. The van der Waals surface area contributed by atoms with Gasteiger partial charge in [-0.05, 0) is 47.9 Å². The van der Waals surface area contributed by atoms with Crippen LogP contribution in [0, 0.1) is 27.6 Å². The molecule has 150 valence electrons. The second-order valence-electron chi connectivity index (χ2n) is 6.52. The van der Waals surface area contributed by atoms with Crippen LogP contribution in [0.3, 0.4) is 0 Å². The molecule has 0 aliphatic heterocycles. The molecule has 2 atom stereocenters. The van der Waals surface area contributed by atoms with Gasteiger partial charge in [0.15, 0.2) is 17.5 Å². The molecule has 0 aromatic heterocycles. The van der Waals surface area contributed by atoms with Crippen molar-refractivity contribution >= 4 is 17.3 Å². The molecule has 8 heteroatoms. The predicted molar refractivity (Wildman–Crippen MR) is 104 cm³/mol. The first-order chi connectivity index (χ1) is 13.8. The van der Waals surface area contributed by atoms with Crippen molar-refractivity contribution in [3.63, 3.8) is 0 Å². The molecule has 3 aromatic rings. The highest BCUT2D eigenvalue weighted by Gasteiger charge is 2.21. The highest BCUT2D eigenvalue weighted by atomic mass is 35.5. The Morgan fingerprint density at radius 1 is 0.931 bits per heavy atom. The first-order valence-corrected chi connectivity index (χ1v) is 9.04. The maximum atomic E-state index is 13.6. The van der Waals surface area contributed by atoms with E-state index in [1.54, 1.807) is 43.3 Å². The van der Waals surface area contributed by atoms with Crippen molar-refractivity contribution in [2.45, 2.75) is 19.0 Å². The Morgan fingerprint density at radius 2 is 1.55 bits per heavy atom. The Hall–Kier alpha value is -2.90. The number of nitrogens with one attached hydrogen (secondary N) is 1. The first-order valence-electron chi connectivity index (χ1n) is 8.66. The minimum absolute atomic E-state index is 0.0882. The maximum Gasteiger partial charge on any atom is 0.269 e. The Balaban J connectivity index is 2.00. The summed E-state index contributed by atoms with van der Waals surface area (Å²) in [6.07, 6.45) is 0. The highest BCUT2D eigenvalue weighted by Crippen LogP contribution is 2.30. The zero-order valence-corrected chi connectivity index (χ0v) is 16.0. The third-order valence-electron chi connectivity index (χ3n) is 4.54. The van der Waals surface area contributed by atoms with Gasteiger partial charge in [0.1, 0.15) is 0 Å². The van der Waals surface area contributed by atoms with Crippen LogP contribution in [0.5, 0.6) is 0 Å². The summed E-state index contributed by atoms with van der Waals surface area (Å²) in [5, 5.41) is 14.9. The van der Waals surface area contributed by atoms with Gasteiger partial charge in [-0.25, -0.2) is 13.2 Å². The number of rotatable bonds is 6. The van der Waals surface area contributed by atoms with Crippen LogP contribution in [-0.2, 0) is 0 Å². The van der Waals surface area contributed by atoms with Gasteiger partial charge in [0.25, 0.3) is 5.69 Å². The Kier molecular flexibility index (Phi) is 6.20. The lowest BCUT2D eigenvalue weighted by Gasteiger charge is -2.25. The maximum absolute atomic E-state index is 13.6. The number of hydrogen-bond acceptors (Lipinski definition) is 3. The van der Waals surface area contributed by atoms with E-state index in [1.807, 2.05) is 0 Å². The molecule has 0 saturated heterocycles. The van der Waals surface area contributed by atoms with Crippen LogP contribution in [0.25, 0.3) is 0 Å². The fourth-order valence-corrected chi connectivity index (χ4v) is 3.16. The lowest BCUT2D eigenvalue weighted by molar-refractivity contribution is -0.384. The molecule has 0 fully saturated rings. The standard InChI is InChI=1S/C21H16ClF3N2O2/c1-12(15-10-18(23)20(25)19(24)11-15)26-21(13-5-7-16(22)8-6-13)14-3-2-4-17(9-14)27(28)29/h2-12,21,26H,1H3. The van der Waals surface area contributed by atoms with Crippen molar-refractivity contribution in [1.82, 2.24) is 5.32 Å². The van der Waals surface area contributed by atoms with Gasteiger partial charge >= 0.3 is 0 Å². The van der Waals surface area contributed by atoms with E-state index in [0.29, 0.717) is 10.6 Å². The molecule has 1 N–H and O–H groups in total. The third-order valence-corrected chi connectivity index (χ3v) is 4.79. The van der Waals surface area contributed by atoms with Crippen molar-refractivity contribution in [2.24, 2.45) is 0 Å². The quantitative estimate of drug-likeness (QED) is 0.297. The van der Waals surface area contributed by atoms with Gasteiger partial charge in [-0.3, -0.25) is 15.4 Å². The minimum atomic E-state index is -1.53. The van der Waals surface area contributed by atoms with Gasteiger partial charge in [0, 0.05) is 23.2 Å². The van der Waals surface area contributed by atoms with Crippen LogP contribution < -0.4 is 5.32 Å². The summed E-state index contributed by atoms with van der Waals surface area (Å²) in [7, 11) is 0. The van der Waals surface area contributed by atoms with Gasteiger partial charge in [-0.1, -0.05) is 35.9 Å². The molecule has 3 rings (SSSR count). The van der Waals surface area contributed by atoms with E-state index in [4.69, 9.17) is 11.6 Å². The molecule has 0 heterocycles. The van der Waals surface area contributed by atoms with E-state index in [1.165, 1.54) is 12.1 Å². The summed E-state index contributed by atoms with van der Waals surface area (Å²) in [4.78, 5) is 10.7. The van der Waals surface area contributed by atoms with Crippen LogP contribution in [0.2, 0.25) is 5.02 Å². The second-order valence-corrected chi connectivity index (χ2v) is 6.96. The van der Waals surface area contributed by atoms with Crippen molar-refractivity contribution in [2.75, 3.05) is 0 Å². The number of hydrogen-bond donors (Lipinski definition) is 1. The molecule has 0 aliphatic carbocycles. The summed E-state index contributed by atoms with van der Waals surface area (Å²) in [5.74, 6) is -4.10. The Labute approximate surface area is 170 Å². The summed E-state index contributed by atoms with van der Waals surface area (Å²) >= 11 is 5.95. The number of non-ortho nitro benzene ring substituents is 1. The third kappa shape index (κ3) is 4.75. The smallest absolute Gasteiger partial charge is 0.269 e. The Morgan fingerprint density at radius 3 is 2.14 bits per heavy atom. The van der Waals surface area contributed by atoms with E-state index in [2.05, 4.69) is 5.32 Å². The zero-order valence-electron chi connectivity index (χ0n) is 15.2. The molecule has 0 amide bonds. The lowest BCUT2D eigenvalue weighted by Crippen LogP contribution is -2.26. The number of nitro groups is 1. The van der Waals surface area contributed by atoms with Gasteiger partial charge in [0.05, 0.1) is 11.0 Å². The first kappa shape index (κ1) is 20.8. The molecule has 3 aromatic carbocycles. The molecular formula is C21H16ClF3N2O2. The molecule has 0 bridgehead atoms. The molecule has 0 spiro atoms. The highest BCUT2D eigenvalue weighted by molar-refractivity contribution is 6.30. The minimum Gasteiger partial charge on any atom is -0.300 e. The average Bonchev–Trinajstić information content (AvgIpc) is 2.70. The van der Waals surface area contributed by atoms with Gasteiger partial charge in [0.2, 0.25) is 0 Å². The van der Waals surface area contributed by atoms with Crippen molar-refractivity contribution in [3.8, 4) is 0 Å². The van der Waals surface area contributed by atoms with Crippen LogP contribution in [-0.4, -0.2) is 4.92 Å². The predicted octanol–water partition coefficient (Wildman–Crippen LogP) is 6.11. The topological polar surface area (TPSA) is 55.2 Å². The molecular weight excluding hydrogens is 405 g/mol. The lowest BCUT2D eigenvalue weighted by atomic mass is 9.96. The summed E-state index contributed by atoms with van der Waals surface area (Å²) in [5.41, 5.74) is 1.43. The van der Waals surface area contributed by atoms with Crippen LogP contribution >= 0.6 is 11.6 Å². The van der Waals surface area contributed by atoms with E-state index in [-0.39, 0.29) is 11.3 Å². The van der Waals surface area contributed by atoms with E-state index < -0.39 is 34.5 Å². The van der Waals surface area contributed by atoms with E-state index in [0.717, 1.165) is 17.7 Å². The van der Waals surface area contributed by atoms with Crippen LogP contribution in [0.1, 0.15) is 35.7 Å². The number of halogens is 4. The SMILES string of the molecule is CC(NC(c1ccc(Cl)cc1)c1cccc([N+](=O)[O-])c1)c1cc(F)c(F)c(F)c1. The Bertz CT molecular complexity index is 1020. The van der Waals surface area contributed by atoms with Crippen LogP contribution in [0.4, 0.5) is 18.9 Å².